The Morgan fingerprint density at radius 2 is 1.88 bits per heavy atom. The van der Waals surface area contributed by atoms with Crippen LogP contribution >= 0.6 is 0 Å². The van der Waals surface area contributed by atoms with Crippen molar-refractivity contribution in [1.82, 2.24) is 4.90 Å². The van der Waals surface area contributed by atoms with Gasteiger partial charge < -0.3 is 23.8 Å². The van der Waals surface area contributed by atoms with Gasteiger partial charge in [-0.15, -0.1) is 0 Å². The molecule has 1 saturated heterocycles. The van der Waals surface area contributed by atoms with E-state index in [2.05, 4.69) is 0 Å². The number of nitrogens with zero attached hydrogens (tertiary/aromatic N) is 1. The first-order valence-electron chi connectivity index (χ1n) is 8.43. The summed E-state index contributed by atoms with van der Waals surface area (Å²) in [6.07, 6.45) is 2.76. The lowest BCUT2D eigenvalue weighted by Crippen LogP contribution is -2.49. The number of para-hydroxylation sites is 1. The molecule has 2 unspecified atom stereocenters. The van der Waals surface area contributed by atoms with Crippen molar-refractivity contribution in [3.05, 3.63) is 29.8 Å². The van der Waals surface area contributed by atoms with Crippen molar-refractivity contribution >= 4 is 18.0 Å². The molecule has 0 aliphatic carbocycles. The molecule has 0 N–H and O–H groups in total. The smallest absolute Gasteiger partial charge is 0.331 e. The number of hydrogen-bond acceptors (Lipinski definition) is 6. The highest BCUT2D eigenvalue weighted by molar-refractivity contribution is 5.90. The topological polar surface area (TPSA) is 74.3 Å². The standard InChI is InChI=1S/C19H25NO6/c1-13-10-20(11-14(2)26-13)17(21)12-25-18(22)9-8-15-6-5-7-16(23-3)19(15)24-4/h5-9,13-14H,10-12H2,1-4H3/b9-8+. The summed E-state index contributed by atoms with van der Waals surface area (Å²) in [6, 6.07) is 5.33. The maximum Gasteiger partial charge on any atom is 0.331 e. The predicted molar refractivity (Wildman–Crippen MR) is 96.1 cm³/mol. The van der Waals surface area contributed by atoms with Gasteiger partial charge in [0.25, 0.3) is 5.91 Å². The lowest BCUT2D eigenvalue weighted by Gasteiger charge is -2.35. The molecule has 1 aromatic rings. The molecule has 1 fully saturated rings. The van der Waals surface area contributed by atoms with E-state index in [4.69, 9.17) is 18.9 Å². The molecule has 1 aliphatic rings. The highest BCUT2D eigenvalue weighted by Gasteiger charge is 2.26. The van der Waals surface area contributed by atoms with Gasteiger partial charge in [0, 0.05) is 24.7 Å². The number of rotatable bonds is 6. The number of carbonyl (C=O) groups excluding carboxylic acids is 2. The Kier molecular flexibility index (Phi) is 7.03. The number of esters is 1. The molecule has 0 radical (unpaired) electrons. The van der Waals surface area contributed by atoms with Crippen molar-refractivity contribution in [2.75, 3.05) is 33.9 Å². The third-order valence-electron chi connectivity index (χ3n) is 3.94. The molecule has 1 heterocycles. The number of morpholine rings is 1. The maximum atomic E-state index is 12.2. The molecular weight excluding hydrogens is 338 g/mol. The summed E-state index contributed by atoms with van der Waals surface area (Å²) >= 11 is 0. The van der Waals surface area contributed by atoms with Gasteiger partial charge in [-0.1, -0.05) is 12.1 Å². The second kappa shape index (κ2) is 9.24. The first-order valence-corrected chi connectivity index (χ1v) is 8.43. The van der Waals surface area contributed by atoms with Gasteiger partial charge in [0.1, 0.15) is 0 Å². The maximum absolute atomic E-state index is 12.2. The van der Waals surface area contributed by atoms with Crippen LogP contribution < -0.4 is 9.47 Å². The fourth-order valence-electron chi connectivity index (χ4n) is 2.85. The number of methoxy groups -OCH3 is 2. The van der Waals surface area contributed by atoms with E-state index in [-0.39, 0.29) is 24.7 Å². The van der Waals surface area contributed by atoms with E-state index in [0.29, 0.717) is 30.2 Å². The molecule has 0 spiro atoms. The van der Waals surface area contributed by atoms with Gasteiger partial charge in [0.05, 0.1) is 26.4 Å². The van der Waals surface area contributed by atoms with Crippen LogP contribution in [0.5, 0.6) is 11.5 Å². The summed E-state index contributed by atoms with van der Waals surface area (Å²) in [4.78, 5) is 25.7. The Hall–Kier alpha value is -2.54. The summed E-state index contributed by atoms with van der Waals surface area (Å²) in [5, 5.41) is 0. The molecule has 7 heteroatoms. The molecule has 1 amide bonds. The van der Waals surface area contributed by atoms with Gasteiger partial charge in [-0.25, -0.2) is 4.79 Å². The minimum absolute atomic E-state index is 0.0289. The first kappa shape index (κ1) is 19.8. The van der Waals surface area contributed by atoms with Crippen molar-refractivity contribution in [3.8, 4) is 11.5 Å². The minimum Gasteiger partial charge on any atom is -0.493 e. The Labute approximate surface area is 153 Å². The van der Waals surface area contributed by atoms with E-state index in [0.717, 1.165) is 0 Å². The fraction of sp³-hybridized carbons (Fsp3) is 0.474. The number of benzene rings is 1. The van der Waals surface area contributed by atoms with Gasteiger partial charge in [0.2, 0.25) is 0 Å². The van der Waals surface area contributed by atoms with Crippen molar-refractivity contribution in [2.45, 2.75) is 26.1 Å². The van der Waals surface area contributed by atoms with Crippen LogP contribution in [0.1, 0.15) is 19.4 Å². The zero-order valence-electron chi connectivity index (χ0n) is 15.6. The second-order valence-electron chi connectivity index (χ2n) is 6.08. The van der Waals surface area contributed by atoms with Gasteiger partial charge in [-0.05, 0) is 26.0 Å². The average molecular weight is 363 g/mol. The molecule has 0 saturated carbocycles. The summed E-state index contributed by atoms with van der Waals surface area (Å²) < 4.78 is 21.1. The van der Waals surface area contributed by atoms with Gasteiger partial charge in [-0.2, -0.15) is 0 Å². The quantitative estimate of drug-likeness (QED) is 0.568. The summed E-state index contributed by atoms with van der Waals surface area (Å²) in [6.45, 7) is 4.52. The lowest BCUT2D eigenvalue weighted by atomic mass is 10.1. The van der Waals surface area contributed by atoms with Crippen LogP contribution in [-0.2, 0) is 19.1 Å². The van der Waals surface area contributed by atoms with E-state index in [1.54, 1.807) is 36.3 Å². The third kappa shape index (κ3) is 5.23. The molecule has 0 bridgehead atoms. The largest absolute Gasteiger partial charge is 0.493 e. The molecular formula is C19H25NO6. The Bertz CT molecular complexity index is 662. The van der Waals surface area contributed by atoms with Crippen molar-refractivity contribution < 1.29 is 28.5 Å². The van der Waals surface area contributed by atoms with Crippen LogP contribution in [0.4, 0.5) is 0 Å². The minimum atomic E-state index is -0.599. The number of ether oxygens (including phenoxy) is 4. The second-order valence-corrected chi connectivity index (χ2v) is 6.08. The molecule has 142 valence electrons. The normalized spacial score (nSPS) is 20.1. The van der Waals surface area contributed by atoms with Crippen LogP contribution in [0, 0.1) is 0 Å². The van der Waals surface area contributed by atoms with Gasteiger partial charge >= 0.3 is 5.97 Å². The van der Waals surface area contributed by atoms with Crippen molar-refractivity contribution in [2.24, 2.45) is 0 Å². The van der Waals surface area contributed by atoms with E-state index in [1.807, 2.05) is 13.8 Å². The van der Waals surface area contributed by atoms with E-state index < -0.39 is 5.97 Å². The lowest BCUT2D eigenvalue weighted by molar-refractivity contribution is -0.154. The first-order chi connectivity index (χ1) is 12.4. The van der Waals surface area contributed by atoms with E-state index >= 15 is 0 Å². The van der Waals surface area contributed by atoms with E-state index in [9.17, 15) is 9.59 Å². The Morgan fingerprint density at radius 3 is 2.50 bits per heavy atom. The number of hydrogen-bond donors (Lipinski definition) is 0. The number of carbonyl (C=O) groups is 2. The highest BCUT2D eigenvalue weighted by atomic mass is 16.5. The molecule has 2 atom stereocenters. The molecule has 26 heavy (non-hydrogen) atoms. The van der Waals surface area contributed by atoms with Crippen LogP contribution in [-0.4, -0.2) is 62.9 Å². The zero-order chi connectivity index (χ0) is 19.1. The average Bonchev–Trinajstić information content (AvgIpc) is 2.62. The SMILES string of the molecule is COc1cccc(/C=C/C(=O)OCC(=O)N2CC(C)OC(C)C2)c1OC. The van der Waals surface area contributed by atoms with Crippen LogP contribution in [0.3, 0.4) is 0 Å². The molecule has 7 nitrogen and oxygen atoms in total. The van der Waals surface area contributed by atoms with Crippen LogP contribution in [0.25, 0.3) is 6.08 Å². The fourth-order valence-corrected chi connectivity index (χ4v) is 2.85. The van der Waals surface area contributed by atoms with Crippen molar-refractivity contribution in [3.63, 3.8) is 0 Å². The monoisotopic (exact) mass is 363 g/mol. The predicted octanol–water partition coefficient (Wildman–Crippen LogP) is 1.90. The zero-order valence-corrected chi connectivity index (χ0v) is 15.6. The van der Waals surface area contributed by atoms with Crippen LogP contribution in [0.2, 0.25) is 0 Å². The van der Waals surface area contributed by atoms with E-state index in [1.165, 1.54) is 13.2 Å². The number of amides is 1. The van der Waals surface area contributed by atoms with Gasteiger partial charge in [0.15, 0.2) is 18.1 Å². The molecule has 0 aromatic heterocycles. The molecule has 1 aliphatic heterocycles. The van der Waals surface area contributed by atoms with Crippen molar-refractivity contribution in [1.29, 1.82) is 0 Å². The molecule has 1 aromatic carbocycles. The summed E-state index contributed by atoms with van der Waals surface area (Å²) in [5.41, 5.74) is 0.672. The molecule has 2 rings (SSSR count). The van der Waals surface area contributed by atoms with Crippen LogP contribution in [0.15, 0.2) is 24.3 Å². The Balaban J connectivity index is 1.91. The Morgan fingerprint density at radius 1 is 1.19 bits per heavy atom. The summed E-state index contributed by atoms with van der Waals surface area (Å²) in [7, 11) is 3.06. The third-order valence-corrected chi connectivity index (χ3v) is 3.94. The summed E-state index contributed by atoms with van der Waals surface area (Å²) in [5.74, 6) is 0.255. The van der Waals surface area contributed by atoms with Gasteiger partial charge in [-0.3, -0.25) is 4.79 Å². The highest BCUT2D eigenvalue weighted by Crippen LogP contribution is 2.31.